The summed E-state index contributed by atoms with van der Waals surface area (Å²) in [5.74, 6) is 0.591. The Kier molecular flexibility index (Phi) is 4.49. The highest BCUT2D eigenvalue weighted by Crippen LogP contribution is 2.27. The molecule has 1 rings (SSSR count). The fraction of sp³-hybridized carbons (Fsp3) is 0.667. The topological polar surface area (TPSA) is 55.0 Å². The van der Waals surface area contributed by atoms with Gasteiger partial charge in [-0.25, -0.2) is 4.98 Å². The average molecular weight is 303 g/mol. The number of rotatable bonds is 3. The summed E-state index contributed by atoms with van der Waals surface area (Å²) in [7, 11) is 1.62. The Labute approximate surface area is 110 Å². The van der Waals surface area contributed by atoms with Gasteiger partial charge in [0, 0.05) is 12.5 Å². The van der Waals surface area contributed by atoms with Crippen molar-refractivity contribution in [3.8, 4) is 0 Å². The molecule has 0 bridgehead atoms. The predicted molar refractivity (Wildman–Crippen MR) is 71.3 cm³/mol. The van der Waals surface area contributed by atoms with E-state index in [4.69, 9.17) is 4.74 Å². The van der Waals surface area contributed by atoms with E-state index in [0.717, 1.165) is 12.1 Å². The molecule has 0 aliphatic carbocycles. The molecule has 1 aromatic heterocycles. The molecule has 96 valence electrons. The molecular formula is C12H19BrN2O2. The second-order valence-corrected chi connectivity index (χ2v) is 5.79. The lowest BCUT2D eigenvalue weighted by Gasteiger charge is -2.21. The molecule has 17 heavy (non-hydrogen) atoms. The fourth-order valence-corrected chi connectivity index (χ4v) is 2.38. The van der Waals surface area contributed by atoms with E-state index in [0.29, 0.717) is 10.3 Å². The van der Waals surface area contributed by atoms with Crippen molar-refractivity contribution >= 4 is 15.9 Å². The number of aromatic nitrogens is 2. The smallest absolute Gasteiger partial charge is 0.265 e. The Hall–Kier alpha value is -0.680. The van der Waals surface area contributed by atoms with E-state index in [1.54, 1.807) is 7.11 Å². The van der Waals surface area contributed by atoms with E-state index in [1.807, 2.05) is 27.7 Å². The largest absolute Gasteiger partial charge is 0.374 e. The standard InChI is InChI=1S/C12H19BrN2O2/c1-6-7(17-5)10-14-9(12(2,3)4)8(13)11(16)15-10/h7H,6H2,1-5H3,(H,14,15,16). The number of halogens is 1. The molecule has 0 amide bonds. The van der Waals surface area contributed by atoms with Crippen LogP contribution >= 0.6 is 15.9 Å². The third-order valence-corrected chi connectivity index (χ3v) is 3.29. The molecule has 1 atom stereocenters. The summed E-state index contributed by atoms with van der Waals surface area (Å²) < 4.78 is 5.80. The van der Waals surface area contributed by atoms with E-state index in [1.165, 1.54) is 0 Å². The van der Waals surface area contributed by atoms with E-state index in [2.05, 4.69) is 25.9 Å². The van der Waals surface area contributed by atoms with Crippen molar-refractivity contribution in [3.63, 3.8) is 0 Å². The van der Waals surface area contributed by atoms with Crippen molar-refractivity contribution in [1.29, 1.82) is 0 Å². The molecular weight excluding hydrogens is 284 g/mol. The minimum atomic E-state index is -0.187. The van der Waals surface area contributed by atoms with Crippen molar-refractivity contribution in [1.82, 2.24) is 9.97 Å². The Balaban J connectivity index is 3.39. The van der Waals surface area contributed by atoms with Crippen molar-refractivity contribution in [2.75, 3.05) is 7.11 Å². The monoisotopic (exact) mass is 302 g/mol. The normalized spacial score (nSPS) is 13.8. The highest BCUT2D eigenvalue weighted by atomic mass is 79.9. The third-order valence-electron chi connectivity index (χ3n) is 2.55. The van der Waals surface area contributed by atoms with Crippen molar-refractivity contribution in [2.45, 2.75) is 45.6 Å². The Bertz CT molecular complexity index is 445. The molecule has 0 saturated carbocycles. The lowest BCUT2D eigenvalue weighted by molar-refractivity contribution is 0.0919. The van der Waals surface area contributed by atoms with Gasteiger partial charge >= 0.3 is 0 Å². The lowest BCUT2D eigenvalue weighted by atomic mass is 9.92. The molecule has 0 fully saturated rings. The van der Waals surface area contributed by atoms with Crippen LogP contribution in [0.2, 0.25) is 0 Å². The van der Waals surface area contributed by atoms with Gasteiger partial charge in [0.2, 0.25) is 0 Å². The molecule has 0 aliphatic heterocycles. The van der Waals surface area contributed by atoms with Gasteiger partial charge < -0.3 is 9.72 Å². The van der Waals surface area contributed by atoms with Crippen LogP contribution in [-0.4, -0.2) is 17.1 Å². The van der Waals surface area contributed by atoms with Crippen LogP contribution in [-0.2, 0) is 10.2 Å². The zero-order valence-electron chi connectivity index (χ0n) is 10.9. The second kappa shape index (κ2) is 5.31. The summed E-state index contributed by atoms with van der Waals surface area (Å²) in [5, 5.41) is 0. The highest BCUT2D eigenvalue weighted by molar-refractivity contribution is 9.10. The van der Waals surface area contributed by atoms with Gasteiger partial charge in [0.05, 0.1) is 5.69 Å². The van der Waals surface area contributed by atoms with Gasteiger partial charge in [-0.05, 0) is 22.4 Å². The SMILES string of the molecule is CCC(OC)c1nc(C(C)(C)C)c(Br)c(=O)[nH]1. The highest BCUT2D eigenvalue weighted by Gasteiger charge is 2.23. The first kappa shape index (κ1) is 14.4. The molecule has 1 unspecified atom stereocenters. The summed E-state index contributed by atoms with van der Waals surface area (Å²) >= 11 is 3.30. The first-order valence-corrected chi connectivity index (χ1v) is 6.43. The molecule has 0 saturated heterocycles. The maximum absolute atomic E-state index is 11.8. The molecule has 4 nitrogen and oxygen atoms in total. The van der Waals surface area contributed by atoms with Crippen molar-refractivity contribution in [2.24, 2.45) is 0 Å². The third kappa shape index (κ3) is 3.16. The molecule has 1 heterocycles. The average Bonchev–Trinajstić information content (AvgIpc) is 2.23. The van der Waals surface area contributed by atoms with Crippen molar-refractivity contribution < 1.29 is 4.74 Å². The van der Waals surface area contributed by atoms with Crippen LogP contribution in [0.5, 0.6) is 0 Å². The van der Waals surface area contributed by atoms with Crippen LogP contribution in [0.1, 0.15) is 51.7 Å². The lowest BCUT2D eigenvalue weighted by Crippen LogP contribution is -2.25. The molecule has 0 spiro atoms. The van der Waals surface area contributed by atoms with E-state index in [-0.39, 0.29) is 17.1 Å². The van der Waals surface area contributed by atoms with Crippen LogP contribution in [0.3, 0.4) is 0 Å². The molecule has 1 aromatic rings. The van der Waals surface area contributed by atoms with Gasteiger partial charge in [-0.1, -0.05) is 27.7 Å². The maximum atomic E-state index is 11.8. The first-order valence-electron chi connectivity index (χ1n) is 5.64. The molecule has 0 aliphatic rings. The number of nitrogens with zero attached hydrogens (tertiary/aromatic N) is 1. The van der Waals surface area contributed by atoms with Gasteiger partial charge in [-0.3, -0.25) is 4.79 Å². The number of nitrogens with one attached hydrogen (secondary N) is 1. The zero-order valence-corrected chi connectivity index (χ0v) is 12.5. The maximum Gasteiger partial charge on any atom is 0.265 e. The zero-order chi connectivity index (χ0) is 13.2. The van der Waals surface area contributed by atoms with Crippen LogP contribution in [0.4, 0.5) is 0 Å². The Morgan fingerprint density at radius 3 is 2.47 bits per heavy atom. The summed E-state index contributed by atoms with van der Waals surface area (Å²) in [6, 6.07) is 0. The van der Waals surface area contributed by atoms with Crippen LogP contribution in [0.15, 0.2) is 9.27 Å². The number of hydrogen-bond acceptors (Lipinski definition) is 3. The Morgan fingerprint density at radius 2 is 2.06 bits per heavy atom. The van der Waals surface area contributed by atoms with Gasteiger partial charge in [0.25, 0.3) is 5.56 Å². The quantitative estimate of drug-likeness (QED) is 0.934. The number of ether oxygens (including phenoxy) is 1. The molecule has 5 heteroatoms. The summed E-state index contributed by atoms with van der Waals surface area (Å²) in [6.45, 7) is 8.07. The number of hydrogen-bond donors (Lipinski definition) is 1. The first-order chi connectivity index (χ1) is 7.81. The molecule has 0 aromatic carbocycles. The number of methoxy groups -OCH3 is 1. The number of H-pyrrole nitrogens is 1. The van der Waals surface area contributed by atoms with Crippen LogP contribution in [0.25, 0.3) is 0 Å². The summed E-state index contributed by atoms with van der Waals surface area (Å²) in [4.78, 5) is 19.1. The second-order valence-electron chi connectivity index (χ2n) is 5.00. The minimum Gasteiger partial charge on any atom is -0.374 e. The van der Waals surface area contributed by atoms with Gasteiger partial charge in [0.1, 0.15) is 16.4 Å². The van der Waals surface area contributed by atoms with E-state index >= 15 is 0 Å². The van der Waals surface area contributed by atoms with Crippen LogP contribution < -0.4 is 5.56 Å². The van der Waals surface area contributed by atoms with Gasteiger partial charge in [0.15, 0.2) is 0 Å². The summed E-state index contributed by atoms with van der Waals surface area (Å²) in [6.07, 6.45) is 0.599. The number of aromatic amines is 1. The fourth-order valence-electron chi connectivity index (χ4n) is 1.60. The minimum absolute atomic E-state index is 0.157. The Morgan fingerprint density at radius 1 is 1.47 bits per heavy atom. The van der Waals surface area contributed by atoms with Crippen LogP contribution in [0, 0.1) is 0 Å². The van der Waals surface area contributed by atoms with E-state index < -0.39 is 0 Å². The predicted octanol–water partition coefficient (Wildman–Crippen LogP) is 2.93. The van der Waals surface area contributed by atoms with Crippen molar-refractivity contribution in [3.05, 3.63) is 26.3 Å². The molecule has 0 radical (unpaired) electrons. The molecule has 1 N–H and O–H groups in total. The van der Waals surface area contributed by atoms with Gasteiger partial charge in [-0.2, -0.15) is 0 Å². The van der Waals surface area contributed by atoms with E-state index in [9.17, 15) is 4.79 Å². The summed E-state index contributed by atoms with van der Waals surface area (Å²) in [5.41, 5.74) is 0.413. The van der Waals surface area contributed by atoms with Gasteiger partial charge in [-0.15, -0.1) is 0 Å².